The predicted octanol–water partition coefficient (Wildman–Crippen LogP) is 8.39. The summed E-state index contributed by atoms with van der Waals surface area (Å²) in [7, 11) is 0. The third-order valence-electron chi connectivity index (χ3n) is 7.02. The van der Waals surface area contributed by atoms with E-state index in [1.54, 1.807) is 0 Å². The number of nitrogens with zero attached hydrogens (tertiary/aromatic N) is 2. The minimum atomic E-state index is 0.335. The Morgan fingerprint density at radius 1 is 1.03 bits per heavy atom. The highest BCUT2D eigenvalue weighted by molar-refractivity contribution is 5.91. The van der Waals surface area contributed by atoms with Crippen LogP contribution in [0.25, 0.3) is 11.0 Å². The second kappa shape index (κ2) is 9.43. The van der Waals surface area contributed by atoms with E-state index >= 15 is 0 Å². The zero-order valence-corrected chi connectivity index (χ0v) is 20.1. The van der Waals surface area contributed by atoms with E-state index in [1.165, 1.54) is 40.2 Å². The standard InChI is InChI=1S/C30H35N3/c1-4-5-20-33-28-19-11-18-27(31-26-17-9-8-14-23(26)21(2)3)29(28)32-30(33)25-16-10-13-22-12-6-7-15-24(22)25/h7-11,13-15,17-19,21,25,31H,4-6,12,16,20H2,1-3H3. The summed E-state index contributed by atoms with van der Waals surface area (Å²) in [6, 6.07) is 15.2. The van der Waals surface area contributed by atoms with Gasteiger partial charge in [-0.3, -0.25) is 0 Å². The van der Waals surface area contributed by atoms with Crippen molar-refractivity contribution >= 4 is 22.4 Å². The van der Waals surface area contributed by atoms with E-state index in [0.717, 1.165) is 43.4 Å². The quantitative estimate of drug-likeness (QED) is 0.402. The third-order valence-corrected chi connectivity index (χ3v) is 7.02. The molecule has 33 heavy (non-hydrogen) atoms. The zero-order chi connectivity index (χ0) is 22.8. The van der Waals surface area contributed by atoms with E-state index in [0.29, 0.717) is 11.8 Å². The van der Waals surface area contributed by atoms with Crippen LogP contribution in [-0.2, 0) is 6.54 Å². The van der Waals surface area contributed by atoms with Crippen molar-refractivity contribution in [2.75, 3.05) is 5.32 Å². The molecular weight excluding hydrogens is 402 g/mol. The molecule has 1 atom stereocenters. The highest BCUT2D eigenvalue weighted by atomic mass is 15.1. The molecule has 2 aliphatic carbocycles. The Labute approximate surface area is 197 Å². The minimum Gasteiger partial charge on any atom is -0.353 e. The largest absolute Gasteiger partial charge is 0.353 e. The fourth-order valence-electron chi connectivity index (χ4n) is 5.28. The van der Waals surface area contributed by atoms with Crippen molar-refractivity contribution in [2.24, 2.45) is 0 Å². The Balaban J connectivity index is 1.62. The number of imidazole rings is 1. The van der Waals surface area contributed by atoms with Crippen LogP contribution in [0.15, 0.2) is 77.9 Å². The van der Waals surface area contributed by atoms with Gasteiger partial charge in [0.2, 0.25) is 0 Å². The SMILES string of the molecule is CCCCn1c(C2CC=CC3=C2C=CCC3)nc2c(Nc3ccccc3C(C)C)cccc21. The number of anilines is 2. The Morgan fingerprint density at radius 2 is 1.88 bits per heavy atom. The number of aryl methyl sites for hydroxylation is 1. The number of aromatic nitrogens is 2. The van der Waals surface area contributed by atoms with Crippen molar-refractivity contribution in [3.8, 4) is 0 Å². The van der Waals surface area contributed by atoms with Crippen LogP contribution in [0.1, 0.15) is 76.1 Å². The molecule has 2 aliphatic rings. The van der Waals surface area contributed by atoms with Crippen molar-refractivity contribution in [3.05, 3.63) is 89.3 Å². The van der Waals surface area contributed by atoms with Crippen LogP contribution in [0.4, 0.5) is 11.4 Å². The fraction of sp³-hybridized carbons (Fsp3) is 0.367. The lowest BCUT2D eigenvalue weighted by atomic mass is 9.82. The topological polar surface area (TPSA) is 29.9 Å². The number of hydrogen-bond acceptors (Lipinski definition) is 2. The summed E-state index contributed by atoms with van der Waals surface area (Å²) in [5, 5.41) is 3.74. The van der Waals surface area contributed by atoms with Gasteiger partial charge in [-0.1, -0.05) is 75.8 Å². The molecule has 0 spiro atoms. The van der Waals surface area contributed by atoms with Gasteiger partial charge in [0.15, 0.2) is 0 Å². The number of para-hydroxylation sites is 2. The van der Waals surface area contributed by atoms with Crippen LogP contribution in [0, 0.1) is 0 Å². The number of unbranched alkanes of at least 4 members (excludes halogenated alkanes) is 1. The molecule has 0 bridgehead atoms. The van der Waals surface area contributed by atoms with Gasteiger partial charge in [-0.05, 0) is 66.5 Å². The molecule has 3 heteroatoms. The first kappa shape index (κ1) is 21.8. The molecule has 5 rings (SSSR count). The number of nitrogens with one attached hydrogen (secondary N) is 1. The second-order valence-electron chi connectivity index (χ2n) is 9.63. The van der Waals surface area contributed by atoms with Crippen molar-refractivity contribution in [1.29, 1.82) is 0 Å². The number of fused-ring (bicyclic) bond motifs is 1. The Morgan fingerprint density at radius 3 is 2.73 bits per heavy atom. The first-order chi connectivity index (χ1) is 16.2. The summed E-state index contributed by atoms with van der Waals surface area (Å²) in [6.45, 7) is 7.78. The fourth-order valence-corrected chi connectivity index (χ4v) is 5.28. The molecule has 0 fully saturated rings. The third kappa shape index (κ3) is 4.17. The van der Waals surface area contributed by atoms with Crippen LogP contribution in [0.2, 0.25) is 0 Å². The molecule has 0 radical (unpaired) electrons. The van der Waals surface area contributed by atoms with Gasteiger partial charge in [-0.25, -0.2) is 4.98 Å². The lowest BCUT2D eigenvalue weighted by molar-refractivity contribution is 0.588. The summed E-state index contributed by atoms with van der Waals surface area (Å²) < 4.78 is 2.50. The molecule has 1 heterocycles. The molecule has 1 N–H and O–H groups in total. The number of benzene rings is 2. The van der Waals surface area contributed by atoms with Gasteiger partial charge < -0.3 is 9.88 Å². The molecule has 3 nitrogen and oxygen atoms in total. The minimum absolute atomic E-state index is 0.335. The number of rotatable bonds is 7. The van der Waals surface area contributed by atoms with Gasteiger partial charge in [0.1, 0.15) is 11.3 Å². The highest BCUT2D eigenvalue weighted by Gasteiger charge is 2.27. The number of allylic oxidation sites excluding steroid dienone is 6. The van der Waals surface area contributed by atoms with Crippen LogP contribution < -0.4 is 5.32 Å². The Hall–Kier alpha value is -3.07. The molecule has 0 saturated carbocycles. The molecule has 170 valence electrons. The Kier molecular flexibility index (Phi) is 6.22. The summed E-state index contributed by atoms with van der Waals surface area (Å²) >= 11 is 0. The molecule has 1 aromatic heterocycles. The van der Waals surface area contributed by atoms with Gasteiger partial charge in [0.05, 0.1) is 11.2 Å². The van der Waals surface area contributed by atoms with Gasteiger partial charge >= 0.3 is 0 Å². The van der Waals surface area contributed by atoms with Crippen molar-refractivity contribution in [1.82, 2.24) is 9.55 Å². The zero-order valence-electron chi connectivity index (χ0n) is 20.1. The van der Waals surface area contributed by atoms with Crippen LogP contribution in [0.5, 0.6) is 0 Å². The predicted molar refractivity (Wildman–Crippen MR) is 140 cm³/mol. The maximum Gasteiger partial charge on any atom is 0.117 e. The molecule has 1 unspecified atom stereocenters. The normalized spacial score (nSPS) is 17.8. The lowest BCUT2D eigenvalue weighted by Crippen LogP contribution is -2.14. The van der Waals surface area contributed by atoms with Crippen molar-refractivity contribution in [2.45, 2.75) is 71.3 Å². The molecule has 0 aliphatic heterocycles. The lowest BCUT2D eigenvalue weighted by Gasteiger charge is -2.26. The maximum atomic E-state index is 5.35. The van der Waals surface area contributed by atoms with Gasteiger partial charge in [-0.2, -0.15) is 0 Å². The van der Waals surface area contributed by atoms with Crippen molar-refractivity contribution in [3.63, 3.8) is 0 Å². The van der Waals surface area contributed by atoms with E-state index in [9.17, 15) is 0 Å². The molecular formula is C30H35N3. The number of hydrogen-bond donors (Lipinski definition) is 1. The van der Waals surface area contributed by atoms with Crippen LogP contribution in [0.3, 0.4) is 0 Å². The smallest absolute Gasteiger partial charge is 0.117 e. The monoisotopic (exact) mass is 437 g/mol. The highest BCUT2D eigenvalue weighted by Crippen LogP contribution is 2.40. The van der Waals surface area contributed by atoms with E-state index in [-0.39, 0.29) is 0 Å². The van der Waals surface area contributed by atoms with Crippen molar-refractivity contribution < 1.29 is 0 Å². The summed E-state index contributed by atoms with van der Waals surface area (Å²) in [5.74, 6) is 2.01. The molecule has 2 aromatic carbocycles. The van der Waals surface area contributed by atoms with E-state index < -0.39 is 0 Å². The van der Waals surface area contributed by atoms with E-state index in [2.05, 4.69) is 97.4 Å². The van der Waals surface area contributed by atoms with Gasteiger partial charge in [0.25, 0.3) is 0 Å². The molecule has 3 aromatic rings. The van der Waals surface area contributed by atoms with Gasteiger partial charge in [-0.15, -0.1) is 0 Å². The van der Waals surface area contributed by atoms with Crippen LogP contribution in [-0.4, -0.2) is 9.55 Å². The van der Waals surface area contributed by atoms with E-state index in [4.69, 9.17) is 4.98 Å². The van der Waals surface area contributed by atoms with E-state index in [1.807, 2.05) is 0 Å². The average molecular weight is 438 g/mol. The first-order valence-electron chi connectivity index (χ1n) is 12.6. The van der Waals surface area contributed by atoms with Gasteiger partial charge in [0, 0.05) is 18.2 Å². The Bertz CT molecular complexity index is 1240. The average Bonchev–Trinajstić information content (AvgIpc) is 3.22. The maximum absolute atomic E-state index is 5.35. The summed E-state index contributed by atoms with van der Waals surface area (Å²) in [4.78, 5) is 5.35. The first-order valence-corrected chi connectivity index (χ1v) is 12.6. The molecule has 0 saturated heterocycles. The van der Waals surface area contributed by atoms with Crippen LogP contribution >= 0.6 is 0 Å². The second-order valence-corrected chi connectivity index (χ2v) is 9.63. The summed E-state index contributed by atoms with van der Waals surface area (Å²) in [5.41, 5.74) is 8.88. The summed E-state index contributed by atoms with van der Waals surface area (Å²) in [6.07, 6.45) is 15.0. The molecule has 0 amide bonds.